The fourth-order valence-electron chi connectivity index (χ4n) is 1.94. The van der Waals surface area contributed by atoms with Gasteiger partial charge >= 0.3 is 5.97 Å². The van der Waals surface area contributed by atoms with Crippen LogP contribution >= 0.6 is 0 Å². The van der Waals surface area contributed by atoms with Crippen LogP contribution < -0.4 is 0 Å². The molecule has 1 unspecified atom stereocenters. The summed E-state index contributed by atoms with van der Waals surface area (Å²) < 4.78 is 27.4. The van der Waals surface area contributed by atoms with Crippen molar-refractivity contribution in [3.8, 4) is 0 Å². The van der Waals surface area contributed by atoms with Gasteiger partial charge in [-0.1, -0.05) is 30.3 Å². The number of carbonyl (C=O) groups is 1. The maximum absolute atomic E-state index is 13.8. The summed E-state index contributed by atoms with van der Waals surface area (Å²) in [6.07, 6.45) is 0.473. The molecule has 1 atom stereocenters. The minimum absolute atomic E-state index is 0.194. The topological polar surface area (TPSA) is 37.3 Å². The van der Waals surface area contributed by atoms with Crippen LogP contribution in [0.4, 0.5) is 8.78 Å². The molecule has 94 valence electrons. The molecule has 1 aromatic rings. The van der Waals surface area contributed by atoms with Crippen molar-refractivity contribution in [1.29, 1.82) is 0 Å². The summed E-state index contributed by atoms with van der Waals surface area (Å²) >= 11 is 0. The molecule has 4 heteroatoms. The van der Waals surface area contributed by atoms with Crippen molar-refractivity contribution in [2.45, 2.75) is 13.3 Å². The monoisotopic (exact) mass is 250 g/mol. The number of aliphatic carboxylic acids is 1. The Kier molecular flexibility index (Phi) is 3.03. The Bertz CT molecular complexity index is 546. The van der Waals surface area contributed by atoms with Gasteiger partial charge in [0.2, 0.25) is 0 Å². The first-order chi connectivity index (χ1) is 8.45. The van der Waals surface area contributed by atoms with Crippen LogP contribution in [0.1, 0.15) is 18.9 Å². The molecule has 1 aliphatic rings. The van der Waals surface area contributed by atoms with E-state index in [9.17, 15) is 13.6 Å². The second kappa shape index (κ2) is 4.37. The van der Waals surface area contributed by atoms with Gasteiger partial charge in [-0.05, 0) is 24.5 Å². The highest BCUT2D eigenvalue weighted by atomic mass is 19.1. The number of carboxylic acid groups (broad SMARTS) is 1. The average Bonchev–Trinajstić information content (AvgIpc) is 2.35. The van der Waals surface area contributed by atoms with E-state index in [1.54, 1.807) is 30.3 Å². The second-order valence-electron chi connectivity index (χ2n) is 4.50. The van der Waals surface area contributed by atoms with E-state index in [0.29, 0.717) is 11.6 Å². The predicted molar refractivity (Wildman–Crippen MR) is 64.0 cm³/mol. The molecule has 0 spiro atoms. The number of benzene rings is 1. The van der Waals surface area contributed by atoms with E-state index in [0.717, 1.165) is 0 Å². The molecule has 0 heterocycles. The molecule has 18 heavy (non-hydrogen) atoms. The molecule has 0 saturated heterocycles. The Balaban J connectivity index is 2.50. The lowest BCUT2D eigenvalue weighted by molar-refractivity contribution is -0.146. The normalized spacial score (nSPS) is 23.8. The maximum atomic E-state index is 13.8. The zero-order valence-electron chi connectivity index (χ0n) is 9.78. The van der Waals surface area contributed by atoms with E-state index in [4.69, 9.17) is 5.11 Å². The van der Waals surface area contributed by atoms with Gasteiger partial charge in [0.25, 0.3) is 0 Å². The van der Waals surface area contributed by atoms with Crippen LogP contribution in [-0.2, 0) is 4.79 Å². The van der Waals surface area contributed by atoms with Crippen LogP contribution in [0.3, 0.4) is 0 Å². The number of rotatable bonds is 2. The van der Waals surface area contributed by atoms with Crippen molar-refractivity contribution >= 4 is 11.5 Å². The SMILES string of the molecule is CC1(C(=O)O)CC(c2ccccc2)=C(F)C=C1F. The largest absolute Gasteiger partial charge is 0.481 e. The predicted octanol–water partition coefficient (Wildman–Crippen LogP) is 3.72. The molecule has 2 nitrogen and oxygen atoms in total. The minimum Gasteiger partial charge on any atom is -0.481 e. The molecule has 1 aliphatic carbocycles. The lowest BCUT2D eigenvalue weighted by atomic mass is 9.77. The summed E-state index contributed by atoms with van der Waals surface area (Å²) in [5, 5.41) is 9.09. The number of allylic oxidation sites excluding steroid dienone is 3. The summed E-state index contributed by atoms with van der Waals surface area (Å²) in [4.78, 5) is 11.1. The van der Waals surface area contributed by atoms with E-state index in [2.05, 4.69) is 0 Å². The molecule has 2 rings (SSSR count). The summed E-state index contributed by atoms with van der Waals surface area (Å²) in [5.74, 6) is -2.96. The Morgan fingerprint density at radius 1 is 1.28 bits per heavy atom. The highest BCUT2D eigenvalue weighted by Gasteiger charge is 2.42. The van der Waals surface area contributed by atoms with Crippen molar-refractivity contribution in [1.82, 2.24) is 0 Å². The van der Waals surface area contributed by atoms with Crippen molar-refractivity contribution in [2.75, 3.05) is 0 Å². The maximum Gasteiger partial charge on any atom is 0.316 e. The first-order valence-corrected chi connectivity index (χ1v) is 5.50. The third kappa shape index (κ3) is 1.94. The quantitative estimate of drug-likeness (QED) is 0.868. The zero-order chi connectivity index (χ0) is 13.3. The molecule has 0 bridgehead atoms. The molecular formula is C14H12F2O2. The van der Waals surface area contributed by atoms with Crippen molar-refractivity contribution in [3.05, 3.63) is 53.6 Å². The van der Waals surface area contributed by atoms with Crippen LogP contribution in [0, 0.1) is 5.41 Å². The van der Waals surface area contributed by atoms with E-state index in [1.165, 1.54) is 6.92 Å². The van der Waals surface area contributed by atoms with Gasteiger partial charge in [-0.15, -0.1) is 0 Å². The molecule has 0 aromatic heterocycles. The standard InChI is InChI=1S/C14H12F2O2/c1-14(13(17)18)8-10(11(15)7-12(14)16)9-5-3-2-4-6-9/h2-7H,8H2,1H3,(H,17,18). The highest BCUT2D eigenvalue weighted by molar-refractivity contribution is 5.84. The van der Waals surface area contributed by atoms with Crippen molar-refractivity contribution in [2.24, 2.45) is 5.41 Å². The van der Waals surface area contributed by atoms with Gasteiger partial charge in [-0.3, -0.25) is 4.79 Å². The molecule has 0 saturated carbocycles. The third-order valence-corrected chi connectivity index (χ3v) is 3.19. The van der Waals surface area contributed by atoms with Gasteiger partial charge in [0, 0.05) is 6.08 Å². The Labute approximate surface area is 103 Å². The van der Waals surface area contributed by atoms with Crippen LogP contribution in [0.5, 0.6) is 0 Å². The van der Waals surface area contributed by atoms with Gasteiger partial charge in [0.1, 0.15) is 17.1 Å². The lowest BCUT2D eigenvalue weighted by Gasteiger charge is -2.28. The van der Waals surface area contributed by atoms with Crippen LogP contribution in [0.2, 0.25) is 0 Å². The minimum atomic E-state index is -1.69. The van der Waals surface area contributed by atoms with Crippen LogP contribution in [0.25, 0.3) is 5.57 Å². The first kappa shape index (κ1) is 12.5. The van der Waals surface area contributed by atoms with E-state index in [1.807, 2.05) is 0 Å². The van der Waals surface area contributed by atoms with Crippen molar-refractivity contribution < 1.29 is 18.7 Å². The Morgan fingerprint density at radius 3 is 2.44 bits per heavy atom. The summed E-state index contributed by atoms with van der Waals surface area (Å²) in [7, 11) is 0. The van der Waals surface area contributed by atoms with Gasteiger partial charge < -0.3 is 5.11 Å². The van der Waals surface area contributed by atoms with Gasteiger partial charge in [-0.2, -0.15) is 0 Å². The third-order valence-electron chi connectivity index (χ3n) is 3.19. The van der Waals surface area contributed by atoms with Crippen LogP contribution in [0.15, 0.2) is 48.1 Å². The average molecular weight is 250 g/mol. The lowest BCUT2D eigenvalue weighted by Crippen LogP contribution is -2.30. The molecule has 0 aliphatic heterocycles. The number of halogens is 2. The fraction of sp³-hybridized carbons (Fsp3) is 0.214. The first-order valence-electron chi connectivity index (χ1n) is 5.50. The zero-order valence-corrected chi connectivity index (χ0v) is 9.78. The fourth-order valence-corrected chi connectivity index (χ4v) is 1.94. The molecule has 0 fully saturated rings. The van der Waals surface area contributed by atoms with Crippen molar-refractivity contribution in [3.63, 3.8) is 0 Å². The van der Waals surface area contributed by atoms with E-state index < -0.39 is 23.0 Å². The smallest absolute Gasteiger partial charge is 0.316 e. The summed E-state index contributed by atoms with van der Waals surface area (Å²) in [6, 6.07) is 8.57. The van der Waals surface area contributed by atoms with Crippen LogP contribution in [-0.4, -0.2) is 11.1 Å². The Hall–Kier alpha value is -1.97. The summed E-state index contributed by atoms with van der Waals surface area (Å²) in [6.45, 7) is 1.26. The Morgan fingerprint density at radius 2 is 1.89 bits per heavy atom. The van der Waals surface area contributed by atoms with Gasteiger partial charge in [0.15, 0.2) is 0 Å². The number of hydrogen-bond acceptors (Lipinski definition) is 1. The molecule has 1 aromatic carbocycles. The van der Waals surface area contributed by atoms with Gasteiger partial charge in [-0.25, -0.2) is 8.78 Å². The number of hydrogen-bond donors (Lipinski definition) is 1. The second-order valence-corrected chi connectivity index (χ2v) is 4.50. The summed E-state index contributed by atoms with van der Waals surface area (Å²) in [5.41, 5.74) is -0.894. The van der Waals surface area contributed by atoms with E-state index in [-0.39, 0.29) is 12.0 Å². The molecular weight excluding hydrogens is 238 g/mol. The molecule has 0 radical (unpaired) electrons. The number of carboxylic acids is 1. The van der Waals surface area contributed by atoms with Gasteiger partial charge in [0.05, 0.1) is 0 Å². The van der Waals surface area contributed by atoms with E-state index >= 15 is 0 Å². The molecule has 0 amide bonds. The molecule has 1 N–H and O–H groups in total. The highest BCUT2D eigenvalue weighted by Crippen LogP contribution is 2.44.